The number of carbonyl (C=O) groups excluding carboxylic acids is 2. The Hall–Kier alpha value is -0.860. The lowest BCUT2D eigenvalue weighted by atomic mass is 9.78. The van der Waals surface area contributed by atoms with Gasteiger partial charge in [0.15, 0.2) is 0 Å². The van der Waals surface area contributed by atoms with Crippen molar-refractivity contribution in [2.45, 2.75) is 39.0 Å². The standard InChI is InChI=1S/C10H16O3/c1-2-7(10(12)13)8-5-3-4-6-9(8)11/h7-8H,2-6H2,1H3,(H,12,13)/p-1. The highest BCUT2D eigenvalue weighted by Crippen LogP contribution is 2.28. The molecule has 3 heteroatoms. The molecule has 0 heterocycles. The van der Waals surface area contributed by atoms with Crippen LogP contribution < -0.4 is 5.11 Å². The van der Waals surface area contributed by atoms with Crippen molar-refractivity contribution < 1.29 is 14.7 Å². The van der Waals surface area contributed by atoms with Crippen molar-refractivity contribution in [1.82, 2.24) is 0 Å². The summed E-state index contributed by atoms with van der Waals surface area (Å²) in [5.74, 6) is -1.79. The number of hydrogen-bond acceptors (Lipinski definition) is 3. The number of carbonyl (C=O) groups is 2. The van der Waals surface area contributed by atoms with Crippen molar-refractivity contribution in [3.63, 3.8) is 0 Å². The Labute approximate surface area is 78.1 Å². The molecule has 0 radical (unpaired) electrons. The first kappa shape index (κ1) is 10.2. The topological polar surface area (TPSA) is 57.2 Å². The van der Waals surface area contributed by atoms with Crippen molar-refractivity contribution in [2.75, 3.05) is 0 Å². The summed E-state index contributed by atoms with van der Waals surface area (Å²) in [4.78, 5) is 22.1. The third-order valence-electron chi connectivity index (χ3n) is 2.83. The zero-order valence-electron chi connectivity index (χ0n) is 7.91. The minimum atomic E-state index is -1.07. The van der Waals surface area contributed by atoms with Gasteiger partial charge in [-0.1, -0.05) is 13.3 Å². The molecule has 74 valence electrons. The van der Waals surface area contributed by atoms with E-state index < -0.39 is 11.9 Å². The van der Waals surface area contributed by atoms with E-state index in [-0.39, 0.29) is 11.7 Å². The van der Waals surface area contributed by atoms with E-state index in [2.05, 4.69) is 0 Å². The predicted octanol–water partition coefficient (Wildman–Crippen LogP) is 0.522. The zero-order valence-corrected chi connectivity index (χ0v) is 7.91. The summed E-state index contributed by atoms with van der Waals surface area (Å²) in [6.45, 7) is 1.79. The molecule has 0 aromatic carbocycles. The van der Waals surface area contributed by atoms with Crippen LogP contribution in [0.2, 0.25) is 0 Å². The maximum Gasteiger partial charge on any atom is 0.136 e. The molecule has 0 aromatic rings. The lowest BCUT2D eigenvalue weighted by molar-refractivity contribution is -0.313. The van der Waals surface area contributed by atoms with Crippen molar-refractivity contribution in [2.24, 2.45) is 11.8 Å². The molecule has 0 bridgehead atoms. The Bertz CT molecular complexity index is 210. The second-order valence-corrected chi connectivity index (χ2v) is 3.65. The van der Waals surface area contributed by atoms with E-state index in [4.69, 9.17) is 0 Å². The van der Waals surface area contributed by atoms with E-state index in [0.717, 1.165) is 19.3 Å². The second-order valence-electron chi connectivity index (χ2n) is 3.65. The van der Waals surface area contributed by atoms with Crippen LogP contribution in [0.5, 0.6) is 0 Å². The van der Waals surface area contributed by atoms with E-state index in [1.165, 1.54) is 0 Å². The normalized spacial score (nSPS) is 25.6. The molecule has 0 amide bonds. The van der Waals surface area contributed by atoms with E-state index in [1.54, 1.807) is 6.92 Å². The Morgan fingerprint density at radius 3 is 2.77 bits per heavy atom. The highest BCUT2D eigenvalue weighted by atomic mass is 16.4. The highest BCUT2D eigenvalue weighted by molar-refractivity contribution is 5.86. The molecule has 3 nitrogen and oxygen atoms in total. The largest absolute Gasteiger partial charge is 0.550 e. The zero-order chi connectivity index (χ0) is 9.84. The Kier molecular flexibility index (Phi) is 3.46. The van der Waals surface area contributed by atoms with Gasteiger partial charge in [-0.15, -0.1) is 0 Å². The average molecular weight is 183 g/mol. The van der Waals surface area contributed by atoms with Gasteiger partial charge >= 0.3 is 0 Å². The van der Waals surface area contributed by atoms with E-state index in [1.807, 2.05) is 0 Å². The molecule has 0 aromatic heterocycles. The number of aliphatic carboxylic acids is 1. The Morgan fingerprint density at radius 2 is 2.31 bits per heavy atom. The van der Waals surface area contributed by atoms with Crippen molar-refractivity contribution in [1.29, 1.82) is 0 Å². The molecule has 0 spiro atoms. The molecule has 0 N–H and O–H groups in total. The lowest BCUT2D eigenvalue weighted by Gasteiger charge is -2.28. The van der Waals surface area contributed by atoms with Crippen LogP contribution >= 0.6 is 0 Å². The molecule has 1 aliphatic rings. The van der Waals surface area contributed by atoms with Crippen LogP contribution in [0.3, 0.4) is 0 Å². The molecule has 0 aliphatic heterocycles. The maximum absolute atomic E-state index is 11.4. The van der Waals surface area contributed by atoms with E-state index in [9.17, 15) is 14.7 Å². The number of hydrogen-bond donors (Lipinski definition) is 0. The van der Waals surface area contributed by atoms with Gasteiger partial charge in [-0.05, 0) is 19.3 Å². The van der Waals surface area contributed by atoms with Gasteiger partial charge in [-0.3, -0.25) is 4.79 Å². The first-order valence-corrected chi connectivity index (χ1v) is 4.90. The van der Waals surface area contributed by atoms with Gasteiger partial charge in [-0.2, -0.15) is 0 Å². The Balaban J connectivity index is 2.65. The van der Waals surface area contributed by atoms with Crippen LogP contribution in [0.25, 0.3) is 0 Å². The van der Waals surface area contributed by atoms with Gasteiger partial charge in [-0.25, -0.2) is 0 Å². The van der Waals surface area contributed by atoms with Gasteiger partial charge in [0.25, 0.3) is 0 Å². The first-order valence-electron chi connectivity index (χ1n) is 4.90. The van der Waals surface area contributed by atoms with Crippen LogP contribution in [0.4, 0.5) is 0 Å². The molecule has 0 saturated heterocycles. The number of carboxylic acids is 1. The van der Waals surface area contributed by atoms with Crippen LogP contribution in [-0.2, 0) is 9.59 Å². The number of carboxylic acid groups (broad SMARTS) is 1. The minimum absolute atomic E-state index is 0.113. The van der Waals surface area contributed by atoms with E-state index >= 15 is 0 Å². The van der Waals surface area contributed by atoms with Crippen molar-refractivity contribution in [3.8, 4) is 0 Å². The smallest absolute Gasteiger partial charge is 0.136 e. The third kappa shape index (κ3) is 2.29. The summed E-state index contributed by atoms with van der Waals surface area (Å²) in [7, 11) is 0. The molecule has 1 rings (SSSR count). The fraction of sp³-hybridized carbons (Fsp3) is 0.800. The number of rotatable bonds is 3. The van der Waals surface area contributed by atoms with Crippen LogP contribution in [0.15, 0.2) is 0 Å². The predicted molar refractivity (Wildman–Crippen MR) is 45.8 cm³/mol. The quantitative estimate of drug-likeness (QED) is 0.641. The minimum Gasteiger partial charge on any atom is -0.550 e. The lowest BCUT2D eigenvalue weighted by Crippen LogP contribution is -2.39. The number of Topliss-reactive ketones (excluding diaryl/α,β-unsaturated/α-hetero) is 1. The van der Waals surface area contributed by atoms with Crippen LogP contribution in [0, 0.1) is 11.8 Å². The molecule has 1 aliphatic carbocycles. The molecule has 2 unspecified atom stereocenters. The fourth-order valence-electron chi connectivity index (χ4n) is 2.05. The molecule has 13 heavy (non-hydrogen) atoms. The van der Waals surface area contributed by atoms with Gasteiger partial charge in [0.2, 0.25) is 0 Å². The van der Waals surface area contributed by atoms with Gasteiger partial charge < -0.3 is 9.90 Å². The summed E-state index contributed by atoms with van der Waals surface area (Å²) in [6, 6.07) is 0. The molecule has 1 saturated carbocycles. The van der Waals surface area contributed by atoms with Crippen LogP contribution in [-0.4, -0.2) is 11.8 Å². The summed E-state index contributed by atoms with van der Waals surface area (Å²) < 4.78 is 0. The number of ketones is 1. The Morgan fingerprint density at radius 1 is 1.62 bits per heavy atom. The summed E-state index contributed by atoms with van der Waals surface area (Å²) in [5.41, 5.74) is 0. The first-order chi connectivity index (χ1) is 6.16. The molecular weight excluding hydrogens is 168 g/mol. The fourth-order valence-corrected chi connectivity index (χ4v) is 2.05. The van der Waals surface area contributed by atoms with Crippen molar-refractivity contribution in [3.05, 3.63) is 0 Å². The van der Waals surface area contributed by atoms with Crippen molar-refractivity contribution >= 4 is 11.8 Å². The summed E-state index contributed by atoms with van der Waals surface area (Å²) >= 11 is 0. The average Bonchev–Trinajstić information content (AvgIpc) is 2.09. The monoisotopic (exact) mass is 183 g/mol. The van der Waals surface area contributed by atoms with Gasteiger partial charge in [0.05, 0.1) is 0 Å². The summed E-state index contributed by atoms with van der Waals surface area (Å²) in [5, 5.41) is 10.7. The maximum atomic E-state index is 11.4. The van der Waals surface area contributed by atoms with Gasteiger partial charge in [0.1, 0.15) is 5.78 Å². The second kappa shape index (κ2) is 4.40. The SMILES string of the molecule is CCC(C(=O)[O-])C1CCCCC1=O. The molecule has 1 fully saturated rings. The summed E-state index contributed by atoms with van der Waals surface area (Å²) in [6.07, 6.45) is 3.66. The van der Waals surface area contributed by atoms with Gasteiger partial charge in [0, 0.05) is 24.2 Å². The molecular formula is C10H15O3-. The highest BCUT2D eigenvalue weighted by Gasteiger charge is 2.29. The van der Waals surface area contributed by atoms with E-state index in [0.29, 0.717) is 12.8 Å². The third-order valence-corrected chi connectivity index (χ3v) is 2.83. The molecule has 2 atom stereocenters. The van der Waals surface area contributed by atoms with Crippen LogP contribution in [0.1, 0.15) is 39.0 Å².